The van der Waals surface area contributed by atoms with Crippen LogP contribution in [0.25, 0.3) is 0 Å². The van der Waals surface area contributed by atoms with Crippen molar-refractivity contribution in [2.75, 3.05) is 20.1 Å². The smallest absolute Gasteiger partial charge is 0.317 e. The topological polar surface area (TPSA) is 52.6 Å². The summed E-state index contributed by atoms with van der Waals surface area (Å²) in [6.45, 7) is 6.13. The molecule has 2 rings (SSSR count). The van der Waals surface area contributed by atoms with Gasteiger partial charge in [0.1, 0.15) is 0 Å². The SMILES string of the molecule is CC(C)CC1(CNC(=O)N(C)CC2CC(O)C2)CCCC1. The molecule has 2 aliphatic rings. The Morgan fingerprint density at radius 3 is 2.48 bits per heavy atom. The van der Waals surface area contributed by atoms with Crippen molar-refractivity contribution in [3.63, 3.8) is 0 Å². The summed E-state index contributed by atoms with van der Waals surface area (Å²) in [4.78, 5) is 14.0. The monoisotopic (exact) mass is 296 g/mol. The van der Waals surface area contributed by atoms with Gasteiger partial charge in [-0.1, -0.05) is 26.7 Å². The van der Waals surface area contributed by atoms with E-state index in [1.165, 1.54) is 32.1 Å². The summed E-state index contributed by atoms with van der Waals surface area (Å²) < 4.78 is 0. The molecular formula is C17H32N2O2. The fourth-order valence-electron chi connectivity index (χ4n) is 4.16. The first-order chi connectivity index (χ1) is 9.90. The van der Waals surface area contributed by atoms with Gasteiger partial charge in [0.05, 0.1) is 6.10 Å². The van der Waals surface area contributed by atoms with E-state index in [1.54, 1.807) is 4.90 Å². The number of hydrogen-bond acceptors (Lipinski definition) is 2. The highest BCUT2D eigenvalue weighted by atomic mass is 16.3. The predicted molar refractivity (Wildman–Crippen MR) is 85.1 cm³/mol. The van der Waals surface area contributed by atoms with E-state index in [2.05, 4.69) is 19.2 Å². The van der Waals surface area contributed by atoms with Crippen LogP contribution in [0.15, 0.2) is 0 Å². The molecule has 2 aliphatic carbocycles. The number of urea groups is 1. The molecule has 0 aromatic carbocycles. The highest BCUT2D eigenvalue weighted by molar-refractivity contribution is 5.73. The second-order valence-electron chi connectivity index (χ2n) is 7.84. The lowest BCUT2D eigenvalue weighted by Crippen LogP contribution is -2.46. The molecule has 0 unspecified atom stereocenters. The first-order valence-corrected chi connectivity index (χ1v) is 8.57. The van der Waals surface area contributed by atoms with Crippen molar-refractivity contribution < 1.29 is 9.90 Å². The van der Waals surface area contributed by atoms with E-state index >= 15 is 0 Å². The highest BCUT2D eigenvalue weighted by Gasteiger charge is 2.35. The number of nitrogens with zero attached hydrogens (tertiary/aromatic N) is 1. The maximum atomic E-state index is 12.2. The van der Waals surface area contributed by atoms with Crippen LogP contribution in [-0.2, 0) is 0 Å². The normalized spacial score (nSPS) is 27.5. The first-order valence-electron chi connectivity index (χ1n) is 8.57. The highest BCUT2D eigenvalue weighted by Crippen LogP contribution is 2.42. The molecule has 0 saturated heterocycles. The number of aliphatic hydroxyl groups excluding tert-OH is 1. The Morgan fingerprint density at radius 1 is 1.33 bits per heavy atom. The molecule has 2 N–H and O–H groups in total. The number of carbonyl (C=O) groups is 1. The number of rotatable bonds is 6. The van der Waals surface area contributed by atoms with Crippen molar-refractivity contribution >= 4 is 6.03 Å². The third kappa shape index (κ3) is 4.60. The van der Waals surface area contributed by atoms with Crippen LogP contribution in [-0.4, -0.2) is 42.3 Å². The maximum absolute atomic E-state index is 12.2. The van der Waals surface area contributed by atoms with Crippen LogP contribution in [0.5, 0.6) is 0 Å². The number of nitrogens with one attached hydrogen (secondary N) is 1. The Hall–Kier alpha value is -0.770. The fourth-order valence-corrected chi connectivity index (χ4v) is 4.16. The maximum Gasteiger partial charge on any atom is 0.317 e. The summed E-state index contributed by atoms with van der Waals surface area (Å²) >= 11 is 0. The van der Waals surface area contributed by atoms with Crippen LogP contribution in [0.1, 0.15) is 58.8 Å². The minimum atomic E-state index is -0.140. The molecule has 0 aromatic heterocycles. The molecule has 4 heteroatoms. The number of hydrogen-bond donors (Lipinski definition) is 2. The van der Waals surface area contributed by atoms with Crippen LogP contribution in [0.3, 0.4) is 0 Å². The summed E-state index contributed by atoms with van der Waals surface area (Å²) in [5, 5.41) is 12.5. The Labute approximate surface area is 129 Å². The van der Waals surface area contributed by atoms with E-state index in [1.807, 2.05) is 7.05 Å². The lowest BCUT2D eigenvalue weighted by molar-refractivity contribution is 0.0323. The van der Waals surface area contributed by atoms with Crippen LogP contribution in [0.4, 0.5) is 4.79 Å². The van der Waals surface area contributed by atoms with Gasteiger partial charge in [0, 0.05) is 20.1 Å². The molecule has 2 saturated carbocycles. The largest absolute Gasteiger partial charge is 0.393 e. The molecule has 2 fully saturated rings. The van der Waals surface area contributed by atoms with Crippen LogP contribution < -0.4 is 5.32 Å². The summed E-state index contributed by atoms with van der Waals surface area (Å²) in [5.41, 5.74) is 0.331. The van der Waals surface area contributed by atoms with Gasteiger partial charge in [-0.05, 0) is 49.4 Å². The predicted octanol–water partition coefficient (Wildman–Crippen LogP) is 3.01. The number of carbonyl (C=O) groups excluding carboxylic acids is 1. The van der Waals surface area contributed by atoms with Gasteiger partial charge in [0.15, 0.2) is 0 Å². The van der Waals surface area contributed by atoms with Gasteiger partial charge in [0.2, 0.25) is 0 Å². The van der Waals surface area contributed by atoms with Gasteiger partial charge >= 0.3 is 6.03 Å². The van der Waals surface area contributed by atoms with Crippen molar-refractivity contribution in [3.05, 3.63) is 0 Å². The lowest BCUT2D eigenvalue weighted by Gasteiger charge is -2.35. The molecule has 0 bridgehead atoms. The van der Waals surface area contributed by atoms with E-state index < -0.39 is 0 Å². The van der Waals surface area contributed by atoms with Gasteiger partial charge in [-0.2, -0.15) is 0 Å². The number of aliphatic hydroxyl groups is 1. The molecule has 122 valence electrons. The van der Waals surface area contributed by atoms with Crippen LogP contribution >= 0.6 is 0 Å². The quantitative estimate of drug-likeness (QED) is 0.791. The Balaban J connectivity index is 1.76. The summed E-state index contributed by atoms with van der Waals surface area (Å²) in [7, 11) is 1.86. The number of amides is 2. The first kappa shape index (κ1) is 16.6. The van der Waals surface area contributed by atoms with Gasteiger partial charge in [-0.3, -0.25) is 0 Å². The van der Waals surface area contributed by atoms with E-state index in [4.69, 9.17) is 0 Å². The summed E-state index contributed by atoms with van der Waals surface area (Å²) in [6.07, 6.45) is 7.87. The van der Waals surface area contributed by atoms with Crippen molar-refractivity contribution in [1.29, 1.82) is 0 Å². The van der Waals surface area contributed by atoms with E-state index in [0.717, 1.165) is 25.9 Å². The average Bonchev–Trinajstić information content (AvgIpc) is 2.82. The molecule has 0 spiro atoms. The summed E-state index contributed by atoms with van der Waals surface area (Å²) in [5.74, 6) is 1.17. The lowest BCUT2D eigenvalue weighted by atomic mass is 9.78. The van der Waals surface area contributed by atoms with E-state index in [9.17, 15) is 9.90 Å². The molecule has 0 heterocycles. The summed E-state index contributed by atoms with van der Waals surface area (Å²) in [6, 6.07) is 0.0476. The van der Waals surface area contributed by atoms with Crippen molar-refractivity contribution in [3.8, 4) is 0 Å². The third-order valence-electron chi connectivity index (χ3n) is 5.21. The fraction of sp³-hybridized carbons (Fsp3) is 0.941. The third-order valence-corrected chi connectivity index (χ3v) is 5.21. The Kier molecular flexibility index (Phi) is 5.53. The second-order valence-corrected chi connectivity index (χ2v) is 7.84. The van der Waals surface area contributed by atoms with Gasteiger partial charge in [-0.15, -0.1) is 0 Å². The molecule has 0 aromatic rings. The zero-order valence-corrected chi connectivity index (χ0v) is 13.9. The zero-order chi connectivity index (χ0) is 15.5. The second kappa shape index (κ2) is 6.99. The van der Waals surface area contributed by atoms with Crippen LogP contribution in [0, 0.1) is 17.3 Å². The van der Waals surface area contributed by atoms with Gasteiger partial charge < -0.3 is 15.3 Å². The minimum absolute atomic E-state index is 0.0476. The van der Waals surface area contributed by atoms with Crippen molar-refractivity contribution in [2.24, 2.45) is 17.3 Å². The molecule has 0 radical (unpaired) electrons. The van der Waals surface area contributed by atoms with Crippen LogP contribution in [0.2, 0.25) is 0 Å². The van der Waals surface area contributed by atoms with Gasteiger partial charge in [0.25, 0.3) is 0 Å². The van der Waals surface area contributed by atoms with Crippen molar-refractivity contribution in [1.82, 2.24) is 10.2 Å². The van der Waals surface area contributed by atoms with E-state index in [-0.39, 0.29) is 12.1 Å². The van der Waals surface area contributed by atoms with Crippen molar-refractivity contribution in [2.45, 2.75) is 64.9 Å². The average molecular weight is 296 g/mol. The molecule has 0 aliphatic heterocycles. The molecule has 4 nitrogen and oxygen atoms in total. The Morgan fingerprint density at radius 2 is 1.95 bits per heavy atom. The Bertz CT molecular complexity index is 345. The minimum Gasteiger partial charge on any atom is -0.393 e. The molecule has 21 heavy (non-hydrogen) atoms. The molecule has 0 atom stereocenters. The van der Waals surface area contributed by atoms with Gasteiger partial charge in [-0.25, -0.2) is 4.79 Å². The zero-order valence-electron chi connectivity index (χ0n) is 13.9. The molecular weight excluding hydrogens is 264 g/mol. The molecule has 2 amide bonds. The van der Waals surface area contributed by atoms with E-state index in [0.29, 0.717) is 17.3 Å². The standard InChI is InChI=1S/C17H32N2O2/c1-13(2)10-17(6-4-5-7-17)12-18-16(21)19(3)11-14-8-15(20)9-14/h13-15,20H,4-12H2,1-3H3,(H,18,21).